The zero-order valence-corrected chi connectivity index (χ0v) is 23.4. The summed E-state index contributed by atoms with van der Waals surface area (Å²) in [5.41, 5.74) is 11.9. The number of benzene rings is 1. The third-order valence-electron chi connectivity index (χ3n) is 6.58. The molecule has 192 valence electrons. The number of nitrogen functional groups attached to an aromatic ring is 1. The molecule has 1 aromatic carbocycles. The third-order valence-corrected chi connectivity index (χ3v) is 6.58. The Morgan fingerprint density at radius 3 is 2.20 bits per heavy atom. The molecule has 5 heteroatoms. The fourth-order valence-corrected chi connectivity index (χ4v) is 4.73. The van der Waals surface area contributed by atoms with Crippen LogP contribution < -0.4 is 10.6 Å². The van der Waals surface area contributed by atoms with Crippen molar-refractivity contribution in [2.45, 2.75) is 106 Å². The molecule has 35 heavy (non-hydrogen) atoms. The van der Waals surface area contributed by atoms with E-state index >= 15 is 0 Å². The average Bonchev–Trinajstić information content (AvgIpc) is 2.79. The van der Waals surface area contributed by atoms with Gasteiger partial charge in [-0.2, -0.15) is 5.26 Å². The van der Waals surface area contributed by atoms with Gasteiger partial charge in [-0.05, 0) is 54.7 Å². The summed E-state index contributed by atoms with van der Waals surface area (Å²) in [4.78, 5) is 12.4. The monoisotopic (exact) mass is 477 g/mol. The highest BCUT2D eigenvalue weighted by Crippen LogP contribution is 2.35. The van der Waals surface area contributed by atoms with Gasteiger partial charge in [0.05, 0.1) is 11.3 Å². The first-order valence-corrected chi connectivity index (χ1v) is 13.6. The molecule has 0 amide bonds. The Labute approximate surface area is 214 Å². The quantitative estimate of drug-likeness (QED) is 0.398. The lowest BCUT2D eigenvalue weighted by Crippen LogP contribution is -2.42. The minimum atomic E-state index is 0.552. The number of hydrogen-bond acceptors (Lipinski definition) is 5. The van der Waals surface area contributed by atoms with Crippen molar-refractivity contribution >= 4 is 11.5 Å². The van der Waals surface area contributed by atoms with Gasteiger partial charge in [0.2, 0.25) is 0 Å². The normalized spacial score (nSPS) is 16.8. The van der Waals surface area contributed by atoms with Crippen molar-refractivity contribution in [2.75, 3.05) is 17.7 Å². The van der Waals surface area contributed by atoms with Crippen LogP contribution in [0.5, 0.6) is 0 Å². The molecule has 0 radical (unpaired) electrons. The number of nitriles is 1. The summed E-state index contributed by atoms with van der Waals surface area (Å²) >= 11 is 0. The Hall–Kier alpha value is -2.61. The van der Waals surface area contributed by atoms with Gasteiger partial charge in [0.25, 0.3) is 0 Å². The minimum absolute atomic E-state index is 0.552. The van der Waals surface area contributed by atoms with Crippen LogP contribution in [0.1, 0.15) is 108 Å². The Morgan fingerprint density at radius 1 is 1.06 bits per heavy atom. The SMILES string of the molecule is CC(C)C.CCCc1ccc(N)c(C#N)c1Cc1nc(CC)nc(N(C)C2CC(C)C2)c1CCC. The van der Waals surface area contributed by atoms with Crippen LogP contribution in [0.3, 0.4) is 0 Å². The lowest BCUT2D eigenvalue weighted by Gasteiger charge is -2.41. The first-order chi connectivity index (χ1) is 16.7. The first kappa shape index (κ1) is 28.6. The average molecular weight is 478 g/mol. The number of rotatable bonds is 9. The molecule has 1 saturated carbocycles. The van der Waals surface area contributed by atoms with Crippen molar-refractivity contribution in [3.05, 3.63) is 45.9 Å². The molecule has 1 aliphatic rings. The van der Waals surface area contributed by atoms with E-state index in [-0.39, 0.29) is 0 Å². The molecule has 1 aliphatic carbocycles. The molecule has 1 fully saturated rings. The smallest absolute Gasteiger partial charge is 0.135 e. The molecular formula is C30H47N5. The minimum Gasteiger partial charge on any atom is -0.398 e. The maximum atomic E-state index is 9.85. The summed E-state index contributed by atoms with van der Waals surface area (Å²) in [6.45, 7) is 15.3. The Morgan fingerprint density at radius 2 is 1.69 bits per heavy atom. The van der Waals surface area contributed by atoms with E-state index in [2.05, 4.69) is 72.5 Å². The van der Waals surface area contributed by atoms with Gasteiger partial charge < -0.3 is 10.6 Å². The van der Waals surface area contributed by atoms with Crippen molar-refractivity contribution in [1.82, 2.24) is 9.97 Å². The summed E-state index contributed by atoms with van der Waals surface area (Å²) in [5.74, 6) is 3.58. The van der Waals surface area contributed by atoms with E-state index in [1.165, 1.54) is 24.0 Å². The van der Waals surface area contributed by atoms with Crippen molar-refractivity contribution in [1.29, 1.82) is 5.26 Å². The highest BCUT2D eigenvalue weighted by molar-refractivity contribution is 5.62. The van der Waals surface area contributed by atoms with E-state index in [1.54, 1.807) is 0 Å². The van der Waals surface area contributed by atoms with Crippen molar-refractivity contribution in [3.8, 4) is 6.07 Å². The van der Waals surface area contributed by atoms with Gasteiger partial charge in [0.15, 0.2) is 0 Å². The van der Waals surface area contributed by atoms with E-state index in [0.29, 0.717) is 23.7 Å². The fourth-order valence-electron chi connectivity index (χ4n) is 4.73. The molecule has 0 aliphatic heterocycles. The highest BCUT2D eigenvalue weighted by atomic mass is 15.2. The van der Waals surface area contributed by atoms with Crippen LogP contribution in [0.4, 0.5) is 11.5 Å². The molecule has 0 saturated heterocycles. The van der Waals surface area contributed by atoms with Gasteiger partial charge in [-0.15, -0.1) is 0 Å². The first-order valence-electron chi connectivity index (χ1n) is 13.6. The lowest BCUT2D eigenvalue weighted by molar-refractivity contribution is 0.280. The van der Waals surface area contributed by atoms with E-state index < -0.39 is 0 Å². The molecule has 0 bridgehead atoms. The van der Waals surface area contributed by atoms with Crippen LogP contribution in [0.25, 0.3) is 0 Å². The number of nitrogens with zero attached hydrogens (tertiary/aromatic N) is 4. The van der Waals surface area contributed by atoms with Gasteiger partial charge in [-0.25, -0.2) is 9.97 Å². The van der Waals surface area contributed by atoms with Crippen molar-refractivity contribution < 1.29 is 0 Å². The Kier molecular flexibility index (Phi) is 11.0. The lowest BCUT2D eigenvalue weighted by atomic mass is 9.81. The van der Waals surface area contributed by atoms with Gasteiger partial charge in [0, 0.05) is 37.2 Å². The molecular weight excluding hydrogens is 430 g/mol. The second kappa shape index (κ2) is 13.5. The third kappa shape index (κ3) is 7.43. The van der Waals surface area contributed by atoms with E-state index in [0.717, 1.165) is 66.8 Å². The van der Waals surface area contributed by atoms with Crippen LogP contribution >= 0.6 is 0 Å². The van der Waals surface area contributed by atoms with Crippen molar-refractivity contribution in [3.63, 3.8) is 0 Å². The zero-order valence-electron chi connectivity index (χ0n) is 23.4. The molecule has 1 aromatic heterocycles. The van der Waals surface area contributed by atoms with Gasteiger partial charge in [-0.1, -0.05) is 67.4 Å². The molecule has 5 nitrogen and oxygen atoms in total. The molecule has 0 unspecified atom stereocenters. The van der Waals surface area contributed by atoms with E-state index in [4.69, 9.17) is 15.7 Å². The fraction of sp³-hybridized carbons (Fsp3) is 0.633. The second-order valence-electron chi connectivity index (χ2n) is 10.8. The number of aryl methyl sites for hydroxylation is 2. The topological polar surface area (TPSA) is 78.8 Å². The van der Waals surface area contributed by atoms with Gasteiger partial charge >= 0.3 is 0 Å². The maximum absolute atomic E-state index is 9.85. The largest absolute Gasteiger partial charge is 0.398 e. The predicted octanol–water partition coefficient (Wildman–Crippen LogP) is 6.89. The summed E-state index contributed by atoms with van der Waals surface area (Å²) < 4.78 is 0. The molecule has 0 atom stereocenters. The predicted molar refractivity (Wildman–Crippen MR) is 149 cm³/mol. The number of anilines is 2. The van der Waals surface area contributed by atoms with E-state index in [1.807, 2.05) is 6.07 Å². The van der Waals surface area contributed by atoms with Crippen LogP contribution in [0, 0.1) is 23.2 Å². The number of hydrogen-bond donors (Lipinski definition) is 1. The standard InChI is InChI=1S/C26H37N5.C4H10/c1-6-9-18-11-12-23(28)22(16-27)21(18)15-24-20(10-7-2)26(30-25(8-3)29-24)31(5)19-13-17(4)14-19;1-4(2)3/h11-12,17,19H,6-10,13-15,28H2,1-5H3;4H,1-3H3. The van der Waals surface area contributed by atoms with Crippen LogP contribution in [0.15, 0.2) is 12.1 Å². The van der Waals surface area contributed by atoms with Crippen LogP contribution in [0.2, 0.25) is 0 Å². The summed E-state index contributed by atoms with van der Waals surface area (Å²) in [5, 5.41) is 9.85. The summed E-state index contributed by atoms with van der Waals surface area (Å²) in [7, 11) is 2.19. The molecule has 2 N–H and O–H groups in total. The van der Waals surface area contributed by atoms with Gasteiger partial charge in [0.1, 0.15) is 17.7 Å². The summed E-state index contributed by atoms with van der Waals surface area (Å²) in [6.07, 6.45) is 7.81. The summed E-state index contributed by atoms with van der Waals surface area (Å²) in [6, 6.07) is 6.87. The molecule has 3 rings (SSSR count). The van der Waals surface area contributed by atoms with E-state index in [9.17, 15) is 5.26 Å². The molecule has 1 heterocycles. The van der Waals surface area contributed by atoms with Crippen LogP contribution in [-0.4, -0.2) is 23.1 Å². The number of aromatic nitrogens is 2. The maximum Gasteiger partial charge on any atom is 0.135 e. The molecule has 2 aromatic rings. The van der Waals surface area contributed by atoms with Crippen molar-refractivity contribution in [2.24, 2.45) is 11.8 Å². The van der Waals surface area contributed by atoms with Crippen LogP contribution in [-0.2, 0) is 25.7 Å². The molecule has 0 spiro atoms. The Balaban J connectivity index is 0.00000100. The second-order valence-corrected chi connectivity index (χ2v) is 10.8. The van der Waals surface area contributed by atoms with Gasteiger partial charge in [-0.3, -0.25) is 0 Å². The number of nitrogens with two attached hydrogens (primary N) is 1. The Bertz CT molecular complexity index is 996. The highest BCUT2D eigenvalue weighted by Gasteiger charge is 2.31. The zero-order chi connectivity index (χ0) is 26.1.